The standard InChI is InChI=1S/C12H12F3N3O2/c1-8(16-2)7-17(3)10-4-9(12(13,14)15)5-11(6-10)18(19)20/h4-7H,2H2,1,3H3/b8-7-. The summed E-state index contributed by atoms with van der Waals surface area (Å²) in [6.07, 6.45) is -3.23. The smallest absolute Gasteiger partial charge is 0.349 e. The van der Waals surface area contributed by atoms with Crippen LogP contribution in [-0.2, 0) is 6.18 Å². The van der Waals surface area contributed by atoms with Crippen LogP contribution in [0.25, 0.3) is 0 Å². The first-order valence-corrected chi connectivity index (χ1v) is 5.40. The van der Waals surface area contributed by atoms with Gasteiger partial charge in [0.1, 0.15) is 0 Å². The number of rotatable bonds is 4. The topological polar surface area (TPSA) is 58.7 Å². The van der Waals surface area contributed by atoms with E-state index in [0.29, 0.717) is 11.8 Å². The van der Waals surface area contributed by atoms with Gasteiger partial charge in [-0.2, -0.15) is 13.2 Å². The van der Waals surface area contributed by atoms with Crippen LogP contribution in [0, 0.1) is 10.1 Å². The molecule has 0 aromatic heterocycles. The minimum atomic E-state index is -4.66. The SMILES string of the molecule is C=N/C(C)=C\N(C)c1cc([N+](=O)[O-])cc(C(F)(F)F)c1. The van der Waals surface area contributed by atoms with Crippen molar-refractivity contribution in [3.63, 3.8) is 0 Å². The maximum atomic E-state index is 12.7. The van der Waals surface area contributed by atoms with Crippen molar-refractivity contribution in [1.29, 1.82) is 0 Å². The molecule has 20 heavy (non-hydrogen) atoms. The first-order chi connectivity index (χ1) is 9.15. The number of non-ortho nitro benzene ring substituents is 1. The molecule has 0 amide bonds. The van der Waals surface area contributed by atoms with Gasteiger partial charge in [0.25, 0.3) is 5.69 Å². The second-order valence-corrected chi connectivity index (χ2v) is 4.03. The molecule has 1 aromatic rings. The van der Waals surface area contributed by atoms with Crippen LogP contribution in [0.3, 0.4) is 0 Å². The number of aliphatic imine (C=N–C) groups is 1. The molecule has 0 unspecified atom stereocenters. The molecule has 0 heterocycles. The highest BCUT2D eigenvalue weighted by molar-refractivity contribution is 5.58. The second-order valence-electron chi connectivity index (χ2n) is 4.03. The van der Waals surface area contributed by atoms with Crippen LogP contribution in [0.5, 0.6) is 0 Å². The minimum absolute atomic E-state index is 0.0366. The van der Waals surface area contributed by atoms with Gasteiger partial charge in [0.05, 0.1) is 16.2 Å². The van der Waals surface area contributed by atoms with Gasteiger partial charge in [-0.05, 0) is 19.7 Å². The molecule has 0 radical (unpaired) electrons. The number of halogens is 3. The zero-order chi connectivity index (χ0) is 15.5. The minimum Gasteiger partial charge on any atom is -0.349 e. The predicted molar refractivity (Wildman–Crippen MR) is 69.8 cm³/mol. The van der Waals surface area contributed by atoms with Crippen LogP contribution in [0.2, 0.25) is 0 Å². The van der Waals surface area contributed by atoms with E-state index in [1.54, 1.807) is 6.92 Å². The van der Waals surface area contributed by atoms with Gasteiger partial charge in [-0.25, -0.2) is 0 Å². The Labute approximate surface area is 113 Å². The monoisotopic (exact) mass is 287 g/mol. The lowest BCUT2D eigenvalue weighted by atomic mass is 10.1. The third-order valence-electron chi connectivity index (χ3n) is 2.48. The van der Waals surface area contributed by atoms with Crippen molar-refractivity contribution < 1.29 is 18.1 Å². The van der Waals surface area contributed by atoms with Gasteiger partial charge in [-0.15, -0.1) is 0 Å². The summed E-state index contributed by atoms with van der Waals surface area (Å²) in [6, 6.07) is 2.39. The van der Waals surface area contributed by atoms with E-state index in [-0.39, 0.29) is 5.69 Å². The van der Waals surface area contributed by atoms with Crippen LogP contribution in [0.4, 0.5) is 24.5 Å². The fourth-order valence-electron chi connectivity index (χ4n) is 1.46. The Morgan fingerprint density at radius 2 is 2.05 bits per heavy atom. The largest absolute Gasteiger partial charge is 0.416 e. The van der Waals surface area contributed by atoms with E-state index in [2.05, 4.69) is 11.7 Å². The van der Waals surface area contributed by atoms with E-state index in [9.17, 15) is 23.3 Å². The number of alkyl halides is 3. The van der Waals surface area contributed by atoms with E-state index in [0.717, 1.165) is 12.1 Å². The summed E-state index contributed by atoms with van der Waals surface area (Å²) in [5, 5.41) is 10.7. The summed E-state index contributed by atoms with van der Waals surface area (Å²) in [5.41, 5.74) is -1.20. The molecule has 8 heteroatoms. The van der Waals surface area contributed by atoms with Gasteiger partial charge in [0, 0.05) is 31.1 Å². The van der Waals surface area contributed by atoms with Crippen molar-refractivity contribution in [3.05, 3.63) is 45.8 Å². The summed E-state index contributed by atoms with van der Waals surface area (Å²) in [4.78, 5) is 14.8. The number of allylic oxidation sites excluding steroid dienone is 1. The Kier molecular flexibility index (Phi) is 4.49. The Balaban J connectivity index is 3.36. The highest BCUT2D eigenvalue weighted by Crippen LogP contribution is 2.35. The molecule has 0 aliphatic heterocycles. The molecular formula is C12H12F3N3O2. The molecule has 0 aliphatic rings. The van der Waals surface area contributed by atoms with Crippen LogP contribution in [0.1, 0.15) is 12.5 Å². The Morgan fingerprint density at radius 1 is 1.45 bits per heavy atom. The number of benzene rings is 1. The summed E-state index contributed by atoms with van der Waals surface area (Å²) >= 11 is 0. The quantitative estimate of drug-likeness (QED) is 0.483. The molecule has 0 spiro atoms. The lowest BCUT2D eigenvalue weighted by Gasteiger charge is -2.16. The van der Waals surface area contributed by atoms with Crippen LogP contribution >= 0.6 is 0 Å². The predicted octanol–water partition coefficient (Wildman–Crippen LogP) is 3.61. The molecule has 0 fully saturated rings. The van der Waals surface area contributed by atoms with Crippen molar-refractivity contribution in [3.8, 4) is 0 Å². The van der Waals surface area contributed by atoms with Crippen molar-refractivity contribution in [1.82, 2.24) is 0 Å². The molecule has 0 bridgehead atoms. The van der Waals surface area contributed by atoms with Crippen molar-refractivity contribution >= 4 is 18.1 Å². The van der Waals surface area contributed by atoms with Gasteiger partial charge < -0.3 is 4.90 Å². The molecule has 1 rings (SSSR count). The molecule has 0 saturated carbocycles. The number of hydrogen-bond acceptors (Lipinski definition) is 4. The van der Waals surface area contributed by atoms with E-state index < -0.39 is 22.4 Å². The fourth-order valence-corrected chi connectivity index (χ4v) is 1.46. The number of nitro benzene ring substituents is 1. The summed E-state index contributed by atoms with van der Waals surface area (Å²) in [6.45, 7) is 4.88. The highest BCUT2D eigenvalue weighted by atomic mass is 19.4. The van der Waals surface area contributed by atoms with E-state index in [4.69, 9.17) is 0 Å². The molecule has 108 valence electrons. The van der Waals surface area contributed by atoms with Gasteiger partial charge in [-0.3, -0.25) is 15.1 Å². The molecule has 0 saturated heterocycles. The van der Waals surface area contributed by atoms with E-state index in [1.165, 1.54) is 18.1 Å². The maximum absolute atomic E-state index is 12.7. The second kappa shape index (κ2) is 5.72. The average Bonchev–Trinajstić information content (AvgIpc) is 2.36. The average molecular weight is 287 g/mol. The first-order valence-electron chi connectivity index (χ1n) is 5.40. The molecule has 0 aliphatic carbocycles. The third-order valence-corrected chi connectivity index (χ3v) is 2.48. The van der Waals surface area contributed by atoms with Gasteiger partial charge in [0.2, 0.25) is 0 Å². The molecule has 0 atom stereocenters. The van der Waals surface area contributed by atoms with Crippen molar-refractivity contribution in [2.75, 3.05) is 11.9 Å². The molecule has 0 N–H and O–H groups in total. The summed E-state index contributed by atoms with van der Waals surface area (Å²) in [5.74, 6) is 0. The zero-order valence-corrected chi connectivity index (χ0v) is 10.8. The lowest BCUT2D eigenvalue weighted by Crippen LogP contribution is -2.12. The summed E-state index contributed by atoms with van der Waals surface area (Å²) in [7, 11) is 1.47. The Bertz CT molecular complexity index is 568. The highest BCUT2D eigenvalue weighted by Gasteiger charge is 2.33. The van der Waals surface area contributed by atoms with Gasteiger partial charge >= 0.3 is 6.18 Å². The van der Waals surface area contributed by atoms with Gasteiger partial charge in [-0.1, -0.05) is 0 Å². The number of nitrogens with zero attached hydrogens (tertiary/aromatic N) is 3. The maximum Gasteiger partial charge on any atom is 0.416 e. The fraction of sp³-hybridized carbons (Fsp3) is 0.250. The number of nitro groups is 1. The lowest BCUT2D eigenvalue weighted by molar-refractivity contribution is -0.385. The van der Waals surface area contributed by atoms with Crippen LogP contribution < -0.4 is 4.90 Å². The van der Waals surface area contributed by atoms with Crippen molar-refractivity contribution in [2.45, 2.75) is 13.1 Å². The Morgan fingerprint density at radius 3 is 2.50 bits per heavy atom. The van der Waals surface area contributed by atoms with Crippen LogP contribution in [-0.4, -0.2) is 18.7 Å². The molecule has 5 nitrogen and oxygen atoms in total. The molecular weight excluding hydrogens is 275 g/mol. The van der Waals surface area contributed by atoms with E-state index >= 15 is 0 Å². The van der Waals surface area contributed by atoms with Crippen LogP contribution in [0.15, 0.2) is 35.1 Å². The Hall–Kier alpha value is -2.38. The number of hydrogen-bond donors (Lipinski definition) is 0. The first kappa shape index (κ1) is 15.7. The summed E-state index contributed by atoms with van der Waals surface area (Å²) < 4.78 is 38.2. The third kappa shape index (κ3) is 3.81. The van der Waals surface area contributed by atoms with Crippen molar-refractivity contribution in [2.24, 2.45) is 4.99 Å². The normalized spacial score (nSPS) is 12.2. The molecule has 1 aromatic carbocycles. The van der Waals surface area contributed by atoms with E-state index in [1.807, 2.05) is 0 Å². The number of anilines is 1. The zero-order valence-electron chi connectivity index (χ0n) is 10.8. The van der Waals surface area contributed by atoms with Gasteiger partial charge in [0.15, 0.2) is 0 Å².